The fraction of sp³-hybridized carbons (Fsp3) is 0.520. The Balaban J connectivity index is 1.46. The zero-order valence-corrected chi connectivity index (χ0v) is 19.7. The normalized spacial score (nSPS) is 18.6. The highest BCUT2D eigenvalue weighted by Gasteiger charge is 2.26. The molecule has 5 nitrogen and oxygen atoms in total. The summed E-state index contributed by atoms with van der Waals surface area (Å²) in [5.74, 6) is 1.87. The van der Waals surface area contributed by atoms with Crippen LogP contribution >= 0.6 is 11.3 Å². The Kier molecular flexibility index (Phi) is 5.95. The molecule has 6 heteroatoms. The van der Waals surface area contributed by atoms with Gasteiger partial charge in [0.25, 0.3) is 0 Å². The molecule has 1 unspecified atom stereocenters. The van der Waals surface area contributed by atoms with Crippen molar-refractivity contribution in [3.05, 3.63) is 52.2 Å². The molecule has 164 valence electrons. The molecule has 31 heavy (non-hydrogen) atoms. The molecule has 0 radical (unpaired) electrons. The highest BCUT2D eigenvalue weighted by Crippen LogP contribution is 2.40. The zero-order valence-electron chi connectivity index (χ0n) is 18.9. The predicted octanol–water partition coefficient (Wildman–Crippen LogP) is 4.67. The minimum atomic E-state index is 0.195. The summed E-state index contributed by atoms with van der Waals surface area (Å²) in [6.45, 7) is 5.35. The van der Waals surface area contributed by atoms with Crippen LogP contribution < -0.4 is 5.32 Å². The van der Waals surface area contributed by atoms with Crippen molar-refractivity contribution in [1.82, 2.24) is 19.8 Å². The van der Waals surface area contributed by atoms with E-state index in [1.54, 1.807) is 0 Å². The van der Waals surface area contributed by atoms with Crippen molar-refractivity contribution in [2.24, 2.45) is 0 Å². The molecule has 2 aliphatic rings. The van der Waals surface area contributed by atoms with Gasteiger partial charge in [-0.25, -0.2) is 9.97 Å². The number of likely N-dealkylation sites (N-methyl/N-ethyl adjacent to an activating group) is 1. The summed E-state index contributed by atoms with van der Waals surface area (Å²) in [4.78, 5) is 17.3. The molecule has 1 aliphatic heterocycles. The topological polar surface area (TPSA) is 44.3 Å². The van der Waals surface area contributed by atoms with E-state index >= 15 is 0 Å². The third kappa shape index (κ3) is 4.34. The van der Waals surface area contributed by atoms with Crippen molar-refractivity contribution < 1.29 is 0 Å². The molecule has 5 rings (SSSR count). The first-order valence-electron chi connectivity index (χ1n) is 11.6. The average Bonchev–Trinajstić information content (AvgIpc) is 3.35. The summed E-state index contributed by atoms with van der Waals surface area (Å²) in [7, 11) is 4.52. The maximum absolute atomic E-state index is 4.91. The van der Waals surface area contributed by atoms with Gasteiger partial charge in [-0.1, -0.05) is 30.3 Å². The van der Waals surface area contributed by atoms with Crippen LogP contribution in [0.15, 0.2) is 30.3 Å². The number of nitrogens with zero attached hydrogens (tertiary/aromatic N) is 4. The summed E-state index contributed by atoms with van der Waals surface area (Å²) >= 11 is 1.87. The van der Waals surface area contributed by atoms with E-state index in [1.807, 2.05) is 18.3 Å². The van der Waals surface area contributed by atoms with Crippen LogP contribution in [0.25, 0.3) is 10.2 Å². The number of rotatable bonds is 6. The van der Waals surface area contributed by atoms with Crippen molar-refractivity contribution >= 4 is 27.4 Å². The third-order valence-electron chi connectivity index (χ3n) is 6.97. The Morgan fingerprint density at radius 3 is 2.71 bits per heavy atom. The van der Waals surface area contributed by atoms with Gasteiger partial charge in [-0.3, -0.25) is 0 Å². The Hall–Kier alpha value is -2.02. The molecule has 2 aromatic heterocycles. The quantitative estimate of drug-likeness (QED) is 0.610. The van der Waals surface area contributed by atoms with Crippen LogP contribution in [0, 0.1) is 6.92 Å². The van der Waals surface area contributed by atoms with E-state index in [1.165, 1.54) is 60.2 Å². The number of fused-ring (bicyclic) bond motifs is 3. The van der Waals surface area contributed by atoms with Gasteiger partial charge in [0.05, 0.1) is 11.4 Å². The number of aromatic nitrogens is 2. The minimum absolute atomic E-state index is 0.195. The van der Waals surface area contributed by atoms with E-state index < -0.39 is 0 Å². The number of nitrogens with one attached hydrogen (secondary N) is 1. The molecule has 1 atom stereocenters. The van der Waals surface area contributed by atoms with Gasteiger partial charge in [0.1, 0.15) is 16.5 Å². The van der Waals surface area contributed by atoms with Crippen LogP contribution in [0.3, 0.4) is 0 Å². The van der Waals surface area contributed by atoms with Crippen molar-refractivity contribution in [1.29, 1.82) is 0 Å². The Morgan fingerprint density at radius 2 is 1.94 bits per heavy atom. The standard InChI is InChI=1S/C25H33N5S/c1-17-26-24(23-20-10-7-11-22(20)31-25(23)27-17)28-21(18-8-5-4-6-9-18)16-30(3)19-12-14-29(2)15-13-19/h4-6,8-9,19,21H,7,10-16H2,1-3H3,(H,26,27,28). The van der Waals surface area contributed by atoms with Gasteiger partial charge in [0, 0.05) is 17.5 Å². The SMILES string of the molecule is Cc1nc(NC(CN(C)C2CCN(C)CC2)c2ccccc2)c2c3c(sc2n1)CCC3. The molecule has 1 N–H and O–H groups in total. The molecule has 0 spiro atoms. The highest BCUT2D eigenvalue weighted by molar-refractivity contribution is 7.19. The molecule has 0 amide bonds. The second kappa shape index (κ2) is 8.85. The summed E-state index contributed by atoms with van der Waals surface area (Å²) in [6.07, 6.45) is 6.08. The van der Waals surface area contributed by atoms with Crippen LogP contribution in [0.5, 0.6) is 0 Å². The van der Waals surface area contributed by atoms with Gasteiger partial charge < -0.3 is 15.1 Å². The first-order valence-corrected chi connectivity index (χ1v) is 12.4. The van der Waals surface area contributed by atoms with Crippen LogP contribution in [-0.2, 0) is 12.8 Å². The van der Waals surface area contributed by atoms with Gasteiger partial charge in [-0.2, -0.15) is 0 Å². The molecule has 1 aliphatic carbocycles. The number of aryl methyl sites for hydroxylation is 3. The van der Waals surface area contributed by atoms with Gasteiger partial charge in [-0.15, -0.1) is 11.3 Å². The van der Waals surface area contributed by atoms with Crippen molar-refractivity contribution in [2.45, 2.75) is 51.1 Å². The van der Waals surface area contributed by atoms with Crippen molar-refractivity contribution in [3.8, 4) is 0 Å². The molecular weight excluding hydrogens is 402 g/mol. The molecule has 1 fully saturated rings. The second-order valence-corrected chi connectivity index (χ2v) is 10.3. The average molecular weight is 436 g/mol. The van der Waals surface area contributed by atoms with E-state index in [4.69, 9.17) is 9.97 Å². The van der Waals surface area contributed by atoms with Crippen molar-refractivity contribution in [2.75, 3.05) is 39.0 Å². The number of piperidine rings is 1. The third-order valence-corrected chi connectivity index (χ3v) is 8.16. The Labute approximate surface area is 189 Å². The molecule has 3 aromatic rings. The van der Waals surface area contributed by atoms with Gasteiger partial charge in [0.15, 0.2) is 0 Å². The monoisotopic (exact) mass is 435 g/mol. The van der Waals surface area contributed by atoms with E-state index in [0.29, 0.717) is 6.04 Å². The molecule has 0 bridgehead atoms. The fourth-order valence-corrected chi connectivity index (χ4v) is 6.47. The minimum Gasteiger partial charge on any atom is -0.361 e. The zero-order chi connectivity index (χ0) is 21.4. The van der Waals surface area contributed by atoms with E-state index in [0.717, 1.165) is 29.4 Å². The number of likely N-dealkylation sites (tertiary alicyclic amines) is 1. The molecule has 3 heterocycles. The first kappa shape index (κ1) is 20.9. The summed E-state index contributed by atoms with van der Waals surface area (Å²) in [5, 5.41) is 5.15. The lowest BCUT2D eigenvalue weighted by molar-refractivity contribution is 0.140. The maximum atomic E-state index is 4.91. The Bertz CT molecular complexity index is 1040. The number of benzene rings is 1. The van der Waals surface area contributed by atoms with Crippen LogP contribution in [-0.4, -0.2) is 59.5 Å². The van der Waals surface area contributed by atoms with Crippen molar-refractivity contribution in [3.63, 3.8) is 0 Å². The molecular formula is C25H33N5S. The maximum Gasteiger partial charge on any atom is 0.139 e. The number of anilines is 1. The molecule has 0 saturated carbocycles. The van der Waals surface area contributed by atoms with Gasteiger partial charge in [0.2, 0.25) is 0 Å². The van der Waals surface area contributed by atoms with Gasteiger partial charge in [-0.05, 0) is 77.3 Å². The smallest absolute Gasteiger partial charge is 0.139 e. The van der Waals surface area contributed by atoms with E-state index in [-0.39, 0.29) is 6.04 Å². The first-order chi connectivity index (χ1) is 15.1. The number of thiophene rings is 1. The lowest BCUT2D eigenvalue weighted by Gasteiger charge is -2.37. The summed E-state index contributed by atoms with van der Waals surface area (Å²) < 4.78 is 0. The second-order valence-electron chi connectivity index (χ2n) is 9.24. The summed E-state index contributed by atoms with van der Waals surface area (Å²) in [5.41, 5.74) is 2.80. The van der Waals surface area contributed by atoms with Crippen LogP contribution in [0.1, 0.15) is 47.1 Å². The molecule has 1 saturated heterocycles. The molecule has 1 aromatic carbocycles. The van der Waals surface area contributed by atoms with E-state index in [9.17, 15) is 0 Å². The van der Waals surface area contributed by atoms with Crippen LogP contribution in [0.4, 0.5) is 5.82 Å². The van der Waals surface area contributed by atoms with E-state index in [2.05, 4.69) is 59.5 Å². The lowest BCUT2D eigenvalue weighted by atomic mass is 10.0. The fourth-order valence-electron chi connectivity index (χ4n) is 5.16. The predicted molar refractivity (Wildman–Crippen MR) is 130 cm³/mol. The Morgan fingerprint density at radius 1 is 1.16 bits per heavy atom. The number of hydrogen-bond acceptors (Lipinski definition) is 6. The highest BCUT2D eigenvalue weighted by atomic mass is 32.1. The largest absolute Gasteiger partial charge is 0.361 e. The number of hydrogen-bond donors (Lipinski definition) is 1. The summed E-state index contributed by atoms with van der Waals surface area (Å²) in [6, 6.07) is 11.7. The van der Waals surface area contributed by atoms with Gasteiger partial charge >= 0.3 is 0 Å². The lowest BCUT2D eigenvalue weighted by Crippen LogP contribution is -2.44. The van der Waals surface area contributed by atoms with Crippen LogP contribution in [0.2, 0.25) is 0 Å².